The zero-order valence-corrected chi connectivity index (χ0v) is 13.0. The molecule has 7 heteroatoms. The second kappa shape index (κ2) is 7.31. The summed E-state index contributed by atoms with van der Waals surface area (Å²) in [6.07, 6.45) is 2.57. The Bertz CT molecular complexity index is 562. The summed E-state index contributed by atoms with van der Waals surface area (Å²) in [5.41, 5.74) is 6.80. The topological polar surface area (TPSA) is 98.4 Å². The summed E-state index contributed by atoms with van der Waals surface area (Å²) in [4.78, 5) is 33.7. The molecular weight excluding hydrogens is 284 g/mol. The van der Waals surface area contributed by atoms with Crippen molar-refractivity contribution in [1.29, 1.82) is 0 Å². The molecule has 7 nitrogen and oxygen atoms in total. The molecule has 0 spiro atoms. The molecule has 0 aromatic carbocycles. The Morgan fingerprint density at radius 2 is 2.23 bits per heavy atom. The molecule has 2 N–H and O–H groups in total. The van der Waals surface area contributed by atoms with Gasteiger partial charge in [0.15, 0.2) is 0 Å². The van der Waals surface area contributed by atoms with E-state index in [1.807, 2.05) is 17.9 Å². The smallest absolute Gasteiger partial charge is 0.249 e. The molecule has 0 saturated carbocycles. The van der Waals surface area contributed by atoms with Crippen LogP contribution in [0, 0.1) is 6.92 Å². The number of likely N-dealkylation sites (tertiary alicyclic amines) is 1. The first kappa shape index (κ1) is 16.4. The zero-order chi connectivity index (χ0) is 16.1. The number of methoxy groups -OCH3 is 1. The highest BCUT2D eigenvalue weighted by atomic mass is 16.5. The molecule has 2 heterocycles. The monoisotopic (exact) mass is 306 g/mol. The molecule has 0 radical (unpaired) electrons. The Balaban J connectivity index is 2.19. The van der Waals surface area contributed by atoms with Gasteiger partial charge in [0.25, 0.3) is 0 Å². The third kappa shape index (κ3) is 4.00. The van der Waals surface area contributed by atoms with Gasteiger partial charge in [0, 0.05) is 25.8 Å². The lowest BCUT2D eigenvalue weighted by molar-refractivity contribution is -0.136. The highest BCUT2D eigenvalue weighted by Crippen LogP contribution is 2.31. The minimum absolute atomic E-state index is 0.0278. The van der Waals surface area contributed by atoms with E-state index in [2.05, 4.69) is 9.97 Å². The van der Waals surface area contributed by atoms with E-state index in [0.29, 0.717) is 18.8 Å². The molecule has 2 rings (SSSR count). The van der Waals surface area contributed by atoms with Crippen LogP contribution in [0.5, 0.6) is 0 Å². The number of aromatic nitrogens is 2. The highest BCUT2D eigenvalue weighted by Gasteiger charge is 2.31. The van der Waals surface area contributed by atoms with Crippen molar-refractivity contribution in [2.24, 2.45) is 5.73 Å². The number of carbonyl (C=O) groups excluding carboxylic acids is 2. The maximum atomic E-state index is 12.1. The van der Waals surface area contributed by atoms with Crippen molar-refractivity contribution in [1.82, 2.24) is 14.9 Å². The first-order valence-corrected chi connectivity index (χ1v) is 7.42. The van der Waals surface area contributed by atoms with Crippen LogP contribution < -0.4 is 5.73 Å². The first-order valence-electron chi connectivity index (χ1n) is 7.42. The number of rotatable bonds is 6. The van der Waals surface area contributed by atoms with Gasteiger partial charge in [0.05, 0.1) is 11.7 Å². The average Bonchev–Trinajstić information content (AvgIpc) is 2.94. The minimum atomic E-state index is -0.351. The van der Waals surface area contributed by atoms with E-state index in [4.69, 9.17) is 10.5 Å². The number of nitrogens with two attached hydrogens (primary N) is 1. The number of hydrogen-bond acceptors (Lipinski definition) is 5. The van der Waals surface area contributed by atoms with Crippen LogP contribution >= 0.6 is 0 Å². The molecule has 120 valence electrons. The predicted octanol–water partition coefficient (Wildman–Crippen LogP) is 0.513. The third-order valence-corrected chi connectivity index (χ3v) is 3.72. The van der Waals surface area contributed by atoms with Crippen molar-refractivity contribution < 1.29 is 14.3 Å². The molecule has 1 aliphatic rings. The number of aryl methyl sites for hydroxylation is 2. The molecule has 0 bridgehead atoms. The molecule has 2 amide bonds. The van der Waals surface area contributed by atoms with Crippen LogP contribution in [0.1, 0.15) is 42.5 Å². The van der Waals surface area contributed by atoms with E-state index in [1.54, 1.807) is 0 Å². The van der Waals surface area contributed by atoms with E-state index in [9.17, 15) is 9.59 Å². The van der Waals surface area contributed by atoms with Gasteiger partial charge in [-0.1, -0.05) is 0 Å². The SMILES string of the molecule is COCC(=O)N1CCC[C@@H]1c1cc(CCC(N)=O)nc(C)n1. The van der Waals surface area contributed by atoms with Gasteiger partial charge in [-0.2, -0.15) is 0 Å². The fraction of sp³-hybridized carbons (Fsp3) is 0.600. The van der Waals surface area contributed by atoms with Gasteiger partial charge in [-0.3, -0.25) is 9.59 Å². The number of hydrogen-bond donors (Lipinski definition) is 1. The maximum Gasteiger partial charge on any atom is 0.249 e. The van der Waals surface area contributed by atoms with Crippen LogP contribution in [-0.4, -0.2) is 46.9 Å². The Morgan fingerprint density at radius 3 is 2.91 bits per heavy atom. The van der Waals surface area contributed by atoms with Gasteiger partial charge in [-0.25, -0.2) is 9.97 Å². The summed E-state index contributed by atoms with van der Waals surface area (Å²) in [6, 6.07) is 1.83. The van der Waals surface area contributed by atoms with Gasteiger partial charge < -0.3 is 15.4 Å². The number of carbonyl (C=O) groups is 2. The van der Waals surface area contributed by atoms with Gasteiger partial charge in [0.1, 0.15) is 12.4 Å². The maximum absolute atomic E-state index is 12.1. The first-order chi connectivity index (χ1) is 10.5. The number of ether oxygens (including phenoxy) is 1. The minimum Gasteiger partial charge on any atom is -0.375 e. The van der Waals surface area contributed by atoms with Crippen LogP contribution in [-0.2, 0) is 20.7 Å². The van der Waals surface area contributed by atoms with E-state index in [-0.39, 0.29) is 30.9 Å². The lowest BCUT2D eigenvalue weighted by Crippen LogP contribution is -2.33. The molecule has 1 fully saturated rings. The van der Waals surface area contributed by atoms with Gasteiger partial charge in [0.2, 0.25) is 11.8 Å². The quantitative estimate of drug-likeness (QED) is 0.826. The van der Waals surface area contributed by atoms with Crippen LogP contribution in [0.2, 0.25) is 0 Å². The Hall–Kier alpha value is -2.02. The standard InChI is InChI=1S/C15H22N4O3/c1-10-17-11(5-6-14(16)20)8-12(18-10)13-4-3-7-19(13)15(21)9-22-2/h8,13H,3-7,9H2,1-2H3,(H2,16,20)/t13-/m1/s1. The van der Waals surface area contributed by atoms with E-state index >= 15 is 0 Å². The van der Waals surface area contributed by atoms with Gasteiger partial charge in [-0.05, 0) is 32.3 Å². The molecule has 1 atom stereocenters. The van der Waals surface area contributed by atoms with Crippen LogP contribution in [0.25, 0.3) is 0 Å². The predicted molar refractivity (Wildman–Crippen MR) is 79.8 cm³/mol. The van der Waals surface area contributed by atoms with Gasteiger partial charge >= 0.3 is 0 Å². The number of nitrogens with zero attached hydrogens (tertiary/aromatic N) is 3. The normalized spacial score (nSPS) is 17.7. The molecule has 0 unspecified atom stereocenters. The van der Waals surface area contributed by atoms with Crippen LogP contribution in [0.15, 0.2) is 6.07 Å². The number of amides is 2. The summed E-state index contributed by atoms with van der Waals surface area (Å²) < 4.78 is 4.94. The molecule has 0 aliphatic carbocycles. The number of primary amides is 1. The summed E-state index contributed by atoms with van der Waals surface area (Å²) in [6.45, 7) is 2.61. The Labute approximate surface area is 129 Å². The van der Waals surface area contributed by atoms with E-state index in [0.717, 1.165) is 24.2 Å². The molecule has 1 aromatic heterocycles. The summed E-state index contributed by atoms with van der Waals surface area (Å²) in [5, 5.41) is 0. The molecule has 1 aromatic rings. The van der Waals surface area contributed by atoms with Crippen molar-refractivity contribution >= 4 is 11.8 Å². The molecular formula is C15H22N4O3. The van der Waals surface area contributed by atoms with E-state index < -0.39 is 0 Å². The zero-order valence-electron chi connectivity index (χ0n) is 13.0. The second-order valence-corrected chi connectivity index (χ2v) is 5.48. The fourth-order valence-electron chi connectivity index (χ4n) is 2.78. The summed E-state index contributed by atoms with van der Waals surface area (Å²) in [5.74, 6) is 0.263. The third-order valence-electron chi connectivity index (χ3n) is 3.72. The molecule has 1 saturated heterocycles. The van der Waals surface area contributed by atoms with Crippen molar-refractivity contribution in [3.05, 3.63) is 23.3 Å². The Kier molecular flexibility index (Phi) is 5.43. The van der Waals surface area contributed by atoms with Crippen molar-refractivity contribution in [3.8, 4) is 0 Å². The van der Waals surface area contributed by atoms with Gasteiger partial charge in [-0.15, -0.1) is 0 Å². The lowest BCUT2D eigenvalue weighted by Gasteiger charge is -2.24. The van der Waals surface area contributed by atoms with Crippen molar-refractivity contribution in [2.75, 3.05) is 20.3 Å². The Morgan fingerprint density at radius 1 is 1.45 bits per heavy atom. The molecule has 1 aliphatic heterocycles. The second-order valence-electron chi connectivity index (χ2n) is 5.48. The lowest BCUT2D eigenvalue weighted by atomic mass is 10.1. The largest absolute Gasteiger partial charge is 0.375 e. The molecule has 22 heavy (non-hydrogen) atoms. The summed E-state index contributed by atoms with van der Waals surface area (Å²) >= 11 is 0. The average molecular weight is 306 g/mol. The fourth-order valence-corrected chi connectivity index (χ4v) is 2.78. The van der Waals surface area contributed by atoms with Crippen molar-refractivity contribution in [2.45, 2.75) is 38.6 Å². The summed E-state index contributed by atoms with van der Waals surface area (Å²) in [7, 11) is 1.51. The van der Waals surface area contributed by atoms with Crippen molar-refractivity contribution in [3.63, 3.8) is 0 Å². The van der Waals surface area contributed by atoms with Crippen LogP contribution in [0.3, 0.4) is 0 Å². The van der Waals surface area contributed by atoms with E-state index in [1.165, 1.54) is 7.11 Å². The highest BCUT2D eigenvalue weighted by molar-refractivity contribution is 5.78. The van der Waals surface area contributed by atoms with Crippen LogP contribution in [0.4, 0.5) is 0 Å².